The molecule has 0 bridgehead atoms. The Morgan fingerprint density at radius 1 is 1.46 bits per heavy atom. The molecule has 3 rings (SSSR count). The van der Waals surface area contributed by atoms with Crippen molar-refractivity contribution in [3.05, 3.63) is 41.2 Å². The Hall–Kier alpha value is -2.28. The molecule has 0 fully saturated rings. The van der Waals surface area contributed by atoms with E-state index in [1.165, 1.54) is 0 Å². The van der Waals surface area contributed by atoms with Gasteiger partial charge in [0.05, 0.1) is 29.7 Å². The van der Waals surface area contributed by atoms with Gasteiger partial charge in [-0.25, -0.2) is 9.97 Å². The third kappa shape index (κ3) is 3.79. The largest absolute Gasteiger partial charge is 0.346 e. The smallest absolute Gasteiger partial charge is 0.255 e. The predicted molar refractivity (Wildman–Crippen MR) is 90.5 cm³/mol. The van der Waals surface area contributed by atoms with E-state index in [4.69, 9.17) is 0 Å². The second kappa shape index (κ2) is 7.09. The van der Waals surface area contributed by atoms with Gasteiger partial charge in [-0.3, -0.25) is 9.48 Å². The summed E-state index contributed by atoms with van der Waals surface area (Å²) in [6.07, 6.45) is 5.40. The van der Waals surface area contributed by atoms with Crippen molar-refractivity contribution >= 4 is 5.91 Å². The highest BCUT2D eigenvalue weighted by Gasteiger charge is 2.25. The average molecular weight is 328 g/mol. The van der Waals surface area contributed by atoms with Crippen molar-refractivity contribution in [2.24, 2.45) is 5.92 Å². The van der Waals surface area contributed by atoms with E-state index in [0.29, 0.717) is 23.9 Å². The van der Waals surface area contributed by atoms with Gasteiger partial charge < -0.3 is 10.2 Å². The lowest BCUT2D eigenvalue weighted by Gasteiger charge is -2.26. The van der Waals surface area contributed by atoms with Gasteiger partial charge in [0.25, 0.3) is 5.91 Å². The summed E-state index contributed by atoms with van der Waals surface area (Å²) < 4.78 is 1.97. The Morgan fingerprint density at radius 2 is 2.29 bits per heavy atom. The summed E-state index contributed by atoms with van der Waals surface area (Å²) in [6.45, 7) is 4.15. The number of aryl methyl sites for hydroxylation is 2. The van der Waals surface area contributed by atoms with Crippen LogP contribution >= 0.6 is 0 Å². The zero-order chi connectivity index (χ0) is 17.1. The minimum Gasteiger partial charge on any atom is -0.346 e. The number of aromatic nitrogens is 4. The van der Waals surface area contributed by atoms with Gasteiger partial charge in [-0.2, -0.15) is 5.10 Å². The number of fused-ring (bicyclic) bond motifs is 1. The third-order valence-electron chi connectivity index (χ3n) is 4.31. The summed E-state index contributed by atoms with van der Waals surface area (Å²) in [5, 5.41) is 7.32. The van der Waals surface area contributed by atoms with E-state index < -0.39 is 0 Å². The lowest BCUT2D eigenvalue weighted by Crippen LogP contribution is -2.31. The van der Waals surface area contributed by atoms with Crippen LogP contribution in [-0.2, 0) is 19.5 Å². The molecule has 0 radical (unpaired) electrons. The molecule has 0 aliphatic carbocycles. The topological polar surface area (TPSA) is 75.9 Å². The average Bonchev–Trinajstić information content (AvgIpc) is 2.95. The maximum absolute atomic E-state index is 12.5. The first-order chi connectivity index (χ1) is 11.5. The van der Waals surface area contributed by atoms with E-state index in [1.807, 2.05) is 17.7 Å². The standard InChI is InChI=1S/C17H24N6O/c1-12-18-6-4-14(21-12)9-19-17(24)15-10-20-23-7-5-13(8-16(15)23)11-22(2)3/h4,6,10,13H,5,7-9,11H2,1-3H3,(H,19,24). The number of carbonyl (C=O) groups excluding carboxylic acids is 1. The minimum absolute atomic E-state index is 0.0852. The molecule has 1 unspecified atom stereocenters. The predicted octanol–water partition coefficient (Wildman–Crippen LogP) is 1.04. The van der Waals surface area contributed by atoms with E-state index >= 15 is 0 Å². The maximum Gasteiger partial charge on any atom is 0.255 e. The molecule has 24 heavy (non-hydrogen) atoms. The Morgan fingerprint density at radius 3 is 3.04 bits per heavy atom. The zero-order valence-corrected chi connectivity index (χ0v) is 14.5. The van der Waals surface area contributed by atoms with E-state index in [9.17, 15) is 4.79 Å². The molecule has 1 N–H and O–H groups in total. The fraction of sp³-hybridized carbons (Fsp3) is 0.529. The second-order valence-corrected chi connectivity index (χ2v) is 6.63. The summed E-state index contributed by atoms with van der Waals surface area (Å²) in [7, 11) is 4.17. The van der Waals surface area contributed by atoms with Crippen LogP contribution in [0.5, 0.6) is 0 Å². The molecule has 0 saturated heterocycles. The van der Waals surface area contributed by atoms with Crippen LogP contribution in [0.2, 0.25) is 0 Å². The number of nitrogens with one attached hydrogen (secondary N) is 1. The molecule has 0 aromatic carbocycles. The van der Waals surface area contributed by atoms with Crippen LogP contribution in [0.15, 0.2) is 18.5 Å². The highest BCUT2D eigenvalue weighted by molar-refractivity contribution is 5.95. The zero-order valence-electron chi connectivity index (χ0n) is 14.5. The quantitative estimate of drug-likeness (QED) is 0.887. The number of hydrogen-bond acceptors (Lipinski definition) is 5. The van der Waals surface area contributed by atoms with Crippen molar-refractivity contribution in [1.29, 1.82) is 0 Å². The first-order valence-corrected chi connectivity index (χ1v) is 8.29. The molecule has 1 aliphatic heterocycles. The van der Waals surface area contributed by atoms with Crippen molar-refractivity contribution in [2.75, 3.05) is 20.6 Å². The van der Waals surface area contributed by atoms with Crippen molar-refractivity contribution < 1.29 is 4.79 Å². The van der Waals surface area contributed by atoms with Crippen molar-refractivity contribution in [1.82, 2.24) is 30.0 Å². The fourth-order valence-corrected chi connectivity index (χ4v) is 3.23. The molecule has 3 heterocycles. The number of rotatable bonds is 5. The lowest BCUT2D eigenvalue weighted by atomic mass is 9.94. The van der Waals surface area contributed by atoms with Gasteiger partial charge in [-0.05, 0) is 45.8 Å². The second-order valence-electron chi connectivity index (χ2n) is 6.63. The van der Waals surface area contributed by atoms with Gasteiger partial charge in [0.15, 0.2) is 0 Å². The van der Waals surface area contributed by atoms with Gasteiger partial charge in [-0.1, -0.05) is 0 Å². The van der Waals surface area contributed by atoms with Crippen molar-refractivity contribution in [2.45, 2.75) is 32.9 Å². The van der Waals surface area contributed by atoms with Crippen LogP contribution < -0.4 is 5.32 Å². The van der Waals surface area contributed by atoms with Crippen molar-refractivity contribution in [3.8, 4) is 0 Å². The van der Waals surface area contributed by atoms with E-state index in [2.05, 4.69) is 39.4 Å². The van der Waals surface area contributed by atoms with Crippen LogP contribution in [0.3, 0.4) is 0 Å². The molecule has 0 spiro atoms. The highest BCUT2D eigenvalue weighted by Crippen LogP contribution is 2.23. The van der Waals surface area contributed by atoms with E-state index in [0.717, 1.165) is 37.3 Å². The number of hydrogen-bond donors (Lipinski definition) is 1. The first-order valence-electron chi connectivity index (χ1n) is 8.29. The fourth-order valence-electron chi connectivity index (χ4n) is 3.23. The van der Waals surface area contributed by atoms with Crippen molar-refractivity contribution in [3.63, 3.8) is 0 Å². The molecule has 1 aliphatic rings. The normalized spacial score (nSPS) is 16.9. The molecule has 7 nitrogen and oxygen atoms in total. The Bertz CT molecular complexity index is 724. The highest BCUT2D eigenvalue weighted by atomic mass is 16.1. The first kappa shape index (κ1) is 16.6. The summed E-state index contributed by atoms with van der Waals surface area (Å²) in [4.78, 5) is 23.1. The lowest BCUT2D eigenvalue weighted by molar-refractivity contribution is 0.0948. The van der Waals surface area contributed by atoms with Crippen LogP contribution in [0.1, 0.15) is 34.0 Å². The SMILES string of the molecule is Cc1nccc(CNC(=O)c2cnn3c2CC(CN(C)C)CC3)n1. The van der Waals surface area contributed by atoms with Gasteiger partial charge in [0.1, 0.15) is 5.82 Å². The van der Waals surface area contributed by atoms with Gasteiger partial charge in [-0.15, -0.1) is 0 Å². The summed E-state index contributed by atoms with van der Waals surface area (Å²) in [5.74, 6) is 1.19. The van der Waals surface area contributed by atoms with Crippen LogP contribution in [-0.4, -0.2) is 51.2 Å². The molecule has 0 saturated carbocycles. The Balaban J connectivity index is 1.67. The van der Waals surface area contributed by atoms with Gasteiger partial charge >= 0.3 is 0 Å². The van der Waals surface area contributed by atoms with E-state index in [1.54, 1.807) is 12.4 Å². The monoisotopic (exact) mass is 328 g/mol. The third-order valence-corrected chi connectivity index (χ3v) is 4.31. The molecule has 1 atom stereocenters. The van der Waals surface area contributed by atoms with E-state index in [-0.39, 0.29) is 5.91 Å². The maximum atomic E-state index is 12.5. The molecular weight excluding hydrogens is 304 g/mol. The molecule has 2 aromatic heterocycles. The van der Waals surface area contributed by atoms with Crippen LogP contribution in [0.25, 0.3) is 0 Å². The van der Waals surface area contributed by atoms with Crippen LogP contribution in [0, 0.1) is 12.8 Å². The molecule has 128 valence electrons. The summed E-state index contributed by atoms with van der Waals surface area (Å²) >= 11 is 0. The Labute approximate surface area is 142 Å². The molecule has 7 heteroatoms. The number of carbonyl (C=O) groups is 1. The Kier molecular flexibility index (Phi) is 4.89. The summed E-state index contributed by atoms with van der Waals surface area (Å²) in [5.41, 5.74) is 2.54. The minimum atomic E-state index is -0.0852. The number of amides is 1. The van der Waals surface area contributed by atoms with Gasteiger partial charge in [0, 0.05) is 19.3 Å². The summed E-state index contributed by atoms with van der Waals surface area (Å²) in [6, 6.07) is 1.81. The van der Waals surface area contributed by atoms with Gasteiger partial charge in [0.2, 0.25) is 0 Å². The molecule has 2 aromatic rings. The molecule has 1 amide bonds. The molecular formula is C17H24N6O. The van der Waals surface area contributed by atoms with Crippen LogP contribution in [0.4, 0.5) is 0 Å². The number of nitrogens with zero attached hydrogens (tertiary/aromatic N) is 5.